The SMILES string of the molecule is C#CC(O)(Cc1ccc2c(C(C)(C)O)nn(-c3ccnc(N)n3)c2c1)c1ccccn1. The highest BCUT2D eigenvalue weighted by Gasteiger charge is 2.30. The number of pyridine rings is 1. The summed E-state index contributed by atoms with van der Waals surface area (Å²) in [6.07, 6.45) is 8.95. The lowest BCUT2D eigenvalue weighted by atomic mass is 9.90. The molecular weight excluding hydrogens is 392 g/mol. The van der Waals surface area contributed by atoms with E-state index in [9.17, 15) is 10.2 Å². The lowest BCUT2D eigenvalue weighted by Gasteiger charge is -2.21. The Balaban J connectivity index is 1.86. The third-order valence-corrected chi connectivity index (χ3v) is 4.99. The highest BCUT2D eigenvalue weighted by atomic mass is 16.3. The van der Waals surface area contributed by atoms with Crippen molar-refractivity contribution in [1.29, 1.82) is 0 Å². The summed E-state index contributed by atoms with van der Waals surface area (Å²) < 4.78 is 1.60. The molecule has 0 aliphatic rings. The number of nitrogens with zero attached hydrogens (tertiary/aromatic N) is 5. The first-order chi connectivity index (χ1) is 14.7. The number of anilines is 1. The minimum Gasteiger partial charge on any atom is -0.384 e. The maximum Gasteiger partial charge on any atom is 0.221 e. The molecule has 0 saturated heterocycles. The Labute approximate surface area is 179 Å². The second kappa shape index (κ2) is 7.47. The van der Waals surface area contributed by atoms with Crippen LogP contribution < -0.4 is 5.73 Å². The Hall–Kier alpha value is -3.80. The number of aromatic nitrogens is 5. The first kappa shape index (κ1) is 20.5. The van der Waals surface area contributed by atoms with E-state index < -0.39 is 11.2 Å². The van der Waals surface area contributed by atoms with Crippen LogP contribution in [0.15, 0.2) is 54.9 Å². The Morgan fingerprint density at radius 3 is 2.55 bits per heavy atom. The van der Waals surface area contributed by atoms with Crippen LogP contribution in [0.2, 0.25) is 0 Å². The van der Waals surface area contributed by atoms with E-state index in [0.717, 1.165) is 10.9 Å². The van der Waals surface area contributed by atoms with Gasteiger partial charge in [0, 0.05) is 30.3 Å². The van der Waals surface area contributed by atoms with E-state index in [2.05, 4.69) is 26.0 Å². The summed E-state index contributed by atoms with van der Waals surface area (Å²) in [7, 11) is 0. The van der Waals surface area contributed by atoms with Gasteiger partial charge >= 0.3 is 0 Å². The van der Waals surface area contributed by atoms with E-state index in [0.29, 0.717) is 22.7 Å². The predicted molar refractivity (Wildman–Crippen MR) is 117 cm³/mol. The maximum atomic E-state index is 11.1. The molecule has 4 N–H and O–H groups in total. The van der Waals surface area contributed by atoms with Crippen molar-refractivity contribution in [2.45, 2.75) is 31.5 Å². The van der Waals surface area contributed by atoms with Crippen LogP contribution in [0.4, 0.5) is 5.95 Å². The Morgan fingerprint density at radius 2 is 1.90 bits per heavy atom. The molecule has 0 aliphatic carbocycles. The van der Waals surface area contributed by atoms with E-state index in [1.165, 1.54) is 6.20 Å². The molecule has 1 aromatic carbocycles. The summed E-state index contributed by atoms with van der Waals surface area (Å²) in [5.41, 5.74) is 5.34. The fraction of sp³-hybridized carbons (Fsp3) is 0.217. The van der Waals surface area contributed by atoms with Gasteiger partial charge in [-0.05, 0) is 37.6 Å². The number of aliphatic hydroxyl groups is 2. The monoisotopic (exact) mass is 414 g/mol. The number of terminal acetylenes is 1. The van der Waals surface area contributed by atoms with Gasteiger partial charge in [0.1, 0.15) is 11.3 Å². The lowest BCUT2D eigenvalue weighted by Crippen LogP contribution is -2.27. The van der Waals surface area contributed by atoms with Crippen LogP contribution in [0, 0.1) is 12.3 Å². The number of rotatable bonds is 5. The largest absolute Gasteiger partial charge is 0.384 e. The third kappa shape index (κ3) is 3.84. The van der Waals surface area contributed by atoms with E-state index >= 15 is 0 Å². The van der Waals surface area contributed by atoms with Gasteiger partial charge in [-0.2, -0.15) is 10.1 Å². The zero-order valence-electron chi connectivity index (χ0n) is 17.2. The van der Waals surface area contributed by atoms with E-state index in [1.54, 1.807) is 49.0 Å². The van der Waals surface area contributed by atoms with Gasteiger partial charge in [0.15, 0.2) is 11.4 Å². The molecule has 0 aliphatic heterocycles. The van der Waals surface area contributed by atoms with Crippen molar-refractivity contribution in [2.75, 3.05) is 5.73 Å². The zero-order valence-corrected chi connectivity index (χ0v) is 17.2. The molecule has 0 bridgehead atoms. The summed E-state index contributed by atoms with van der Waals surface area (Å²) in [5, 5.41) is 27.1. The van der Waals surface area contributed by atoms with Crippen molar-refractivity contribution in [3.63, 3.8) is 0 Å². The van der Waals surface area contributed by atoms with Crippen LogP contribution in [0.5, 0.6) is 0 Å². The average molecular weight is 414 g/mol. The van der Waals surface area contributed by atoms with Gasteiger partial charge in [-0.1, -0.05) is 24.1 Å². The average Bonchev–Trinajstić information content (AvgIpc) is 3.14. The number of fused-ring (bicyclic) bond motifs is 1. The van der Waals surface area contributed by atoms with Crippen LogP contribution in [-0.2, 0) is 17.6 Å². The van der Waals surface area contributed by atoms with Crippen LogP contribution in [0.3, 0.4) is 0 Å². The molecule has 1 unspecified atom stereocenters. The topological polar surface area (TPSA) is 123 Å². The molecule has 1 atom stereocenters. The first-order valence-electron chi connectivity index (χ1n) is 9.66. The third-order valence-electron chi connectivity index (χ3n) is 4.99. The van der Waals surface area contributed by atoms with Gasteiger partial charge in [0.05, 0.1) is 11.2 Å². The molecule has 0 saturated carbocycles. The Kier molecular flexibility index (Phi) is 4.93. The normalized spacial score (nSPS) is 13.6. The number of nitrogen functional groups attached to an aromatic ring is 1. The number of benzene rings is 1. The molecule has 0 fully saturated rings. The van der Waals surface area contributed by atoms with Crippen LogP contribution in [-0.4, -0.2) is 34.9 Å². The second-order valence-corrected chi connectivity index (χ2v) is 7.84. The predicted octanol–water partition coefficient (Wildman–Crippen LogP) is 2.08. The Morgan fingerprint density at radius 1 is 1.10 bits per heavy atom. The summed E-state index contributed by atoms with van der Waals surface area (Å²) in [4.78, 5) is 12.4. The lowest BCUT2D eigenvalue weighted by molar-refractivity contribution is 0.0749. The van der Waals surface area contributed by atoms with Gasteiger partial charge in [-0.25, -0.2) is 9.67 Å². The number of hydrogen-bond acceptors (Lipinski definition) is 7. The molecule has 3 heterocycles. The molecule has 8 heteroatoms. The fourth-order valence-corrected chi connectivity index (χ4v) is 3.50. The van der Waals surface area contributed by atoms with E-state index in [4.69, 9.17) is 12.2 Å². The molecule has 31 heavy (non-hydrogen) atoms. The summed E-state index contributed by atoms with van der Waals surface area (Å²) in [6.45, 7) is 3.33. The fourth-order valence-electron chi connectivity index (χ4n) is 3.50. The maximum absolute atomic E-state index is 11.1. The van der Waals surface area contributed by atoms with Gasteiger partial charge in [-0.15, -0.1) is 6.42 Å². The molecule has 0 radical (unpaired) electrons. The smallest absolute Gasteiger partial charge is 0.221 e. The van der Waals surface area contributed by atoms with Crippen LogP contribution >= 0.6 is 0 Å². The van der Waals surface area contributed by atoms with Crippen molar-refractivity contribution in [3.05, 3.63) is 71.8 Å². The summed E-state index contributed by atoms with van der Waals surface area (Å²) in [6, 6.07) is 12.5. The van der Waals surface area contributed by atoms with Crippen molar-refractivity contribution >= 4 is 16.9 Å². The van der Waals surface area contributed by atoms with Gasteiger partial charge < -0.3 is 15.9 Å². The highest BCUT2D eigenvalue weighted by Crippen LogP contribution is 2.32. The van der Waals surface area contributed by atoms with E-state index in [1.807, 2.05) is 18.2 Å². The summed E-state index contributed by atoms with van der Waals surface area (Å²) in [5.74, 6) is 3.04. The molecule has 0 amide bonds. The standard InChI is InChI=1S/C23H22N6O2/c1-4-23(31,18-7-5-6-11-25-18)14-15-8-9-16-17(13-15)29(28-20(16)22(2,3)30)19-10-12-26-21(24)27-19/h1,5-13,30-31H,14H2,2-3H3,(H2,24,26,27). The highest BCUT2D eigenvalue weighted by molar-refractivity contribution is 5.84. The quantitative estimate of drug-likeness (QED) is 0.427. The van der Waals surface area contributed by atoms with E-state index in [-0.39, 0.29) is 12.4 Å². The van der Waals surface area contributed by atoms with Gasteiger partial charge in [0.2, 0.25) is 5.95 Å². The van der Waals surface area contributed by atoms with Gasteiger partial charge in [0.25, 0.3) is 0 Å². The first-order valence-corrected chi connectivity index (χ1v) is 9.66. The molecule has 4 aromatic rings. The van der Waals surface area contributed by atoms with Crippen LogP contribution in [0.1, 0.15) is 30.8 Å². The van der Waals surface area contributed by atoms with Gasteiger partial charge in [-0.3, -0.25) is 4.98 Å². The summed E-state index contributed by atoms with van der Waals surface area (Å²) >= 11 is 0. The molecule has 0 spiro atoms. The van der Waals surface area contributed by atoms with Crippen molar-refractivity contribution < 1.29 is 10.2 Å². The minimum atomic E-state index is -1.57. The van der Waals surface area contributed by atoms with Crippen molar-refractivity contribution in [2.24, 2.45) is 0 Å². The minimum absolute atomic E-state index is 0.110. The van der Waals surface area contributed by atoms with Crippen molar-refractivity contribution in [1.82, 2.24) is 24.7 Å². The molecule has 4 rings (SSSR count). The van der Waals surface area contributed by atoms with Crippen molar-refractivity contribution in [3.8, 4) is 18.2 Å². The molecule has 8 nitrogen and oxygen atoms in total. The number of nitrogens with two attached hydrogens (primary N) is 1. The van der Waals surface area contributed by atoms with Crippen LogP contribution in [0.25, 0.3) is 16.7 Å². The molecular formula is C23H22N6O2. The zero-order chi connectivity index (χ0) is 22.2. The second-order valence-electron chi connectivity index (χ2n) is 7.84. The molecule has 156 valence electrons. The Bertz CT molecular complexity index is 1290. The molecule has 3 aromatic heterocycles. The number of hydrogen-bond donors (Lipinski definition) is 3.